The number of aromatic nitrogens is 4. The number of hydrogen-bond donors (Lipinski definition) is 3. The second-order valence-electron chi connectivity index (χ2n) is 14.4. The lowest BCUT2D eigenvalue weighted by molar-refractivity contribution is -0.129. The topological polar surface area (TPSA) is 155 Å². The Morgan fingerprint density at radius 2 is 1.75 bits per heavy atom. The number of carbonyl (C=O) groups excluding carboxylic acids is 2. The number of nitrogen functional groups attached to an aromatic ring is 1. The third-order valence-electron chi connectivity index (χ3n) is 11.2. The van der Waals surface area contributed by atoms with E-state index in [0.717, 1.165) is 11.4 Å². The first-order valence-corrected chi connectivity index (χ1v) is 18.3. The van der Waals surface area contributed by atoms with Crippen molar-refractivity contribution in [2.24, 2.45) is 0 Å². The summed E-state index contributed by atoms with van der Waals surface area (Å²) >= 11 is 0. The van der Waals surface area contributed by atoms with Gasteiger partial charge in [-0.1, -0.05) is 30.7 Å². The van der Waals surface area contributed by atoms with E-state index >= 15 is 8.78 Å². The van der Waals surface area contributed by atoms with Gasteiger partial charge in [0.05, 0.1) is 41.9 Å². The van der Waals surface area contributed by atoms with Crippen LogP contribution in [0.15, 0.2) is 60.9 Å². The van der Waals surface area contributed by atoms with Crippen LogP contribution in [0.3, 0.4) is 0 Å². The van der Waals surface area contributed by atoms with Gasteiger partial charge in [0.15, 0.2) is 5.82 Å². The highest BCUT2D eigenvalue weighted by atomic mass is 19.3. The van der Waals surface area contributed by atoms with E-state index in [2.05, 4.69) is 35.3 Å². The average Bonchev–Trinajstić information content (AvgIpc) is 3.50. The van der Waals surface area contributed by atoms with Crippen molar-refractivity contribution in [3.63, 3.8) is 0 Å². The largest absolute Gasteiger partial charge is 0.507 e. The second kappa shape index (κ2) is 14.3. The van der Waals surface area contributed by atoms with Gasteiger partial charge >= 0.3 is 0 Å². The number of nitrogens with one attached hydrogen (secondary N) is 1. The van der Waals surface area contributed by atoms with Gasteiger partial charge in [-0.25, -0.2) is 13.5 Å². The number of ether oxygens (including phenoxy) is 1. The smallest absolute Gasteiger partial charge is 0.256 e. The summed E-state index contributed by atoms with van der Waals surface area (Å²) in [4.78, 5) is 30.8. The first-order valence-electron chi connectivity index (χ1n) is 18.3. The van der Waals surface area contributed by atoms with E-state index in [1.165, 1.54) is 0 Å². The maximum absolute atomic E-state index is 16.4. The zero-order valence-electron chi connectivity index (χ0n) is 29.3. The molecule has 2 aromatic carbocycles. The van der Waals surface area contributed by atoms with Crippen LogP contribution in [0.1, 0.15) is 56.4 Å². The summed E-state index contributed by atoms with van der Waals surface area (Å²) in [5.41, 5.74) is 9.83. The molecule has 5 heterocycles. The monoisotopic (exact) mass is 727 g/mol. The second-order valence-corrected chi connectivity index (χ2v) is 14.4. The molecule has 0 bridgehead atoms. The first-order chi connectivity index (χ1) is 25.6. The highest BCUT2D eigenvalue weighted by Crippen LogP contribution is 2.50. The van der Waals surface area contributed by atoms with E-state index in [0.29, 0.717) is 93.3 Å². The highest BCUT2D eigenvalue weighted by Gasteiger charge is 2.47. The van der Waals surface area contributed by atoms with Crippen LogP contribution in [-0.2, 0) is 9.59 Å². The van der Waals surface area contributed by atoms with Crippen LogP contribution in [0, 0.1) is 0 Å². The van der Waals surface area contributed by atoms with E-state index in [4.69, 9.17) is 10.5 Å². The van der Waals surface area contributed by atoms with Crippen LogP contribution in [0.2, 0.25) is 0 Å². The van der Waals surface area contributed by atoms with Crippen molar-refractivity contribution in [1.29, 1.82) is 0 Å². The number of phenols is 1. The van der Waals surface area contributed by atoms with Crippen molar-refractivity contribution < 1.29 is 28.2 Å². The Balaban J connectivity index is 0.935. The van der Waals surface area contributed by atoms with Crippen molar-refractivity contribution in [3.8, 4) is 28.4 Å². The van der Waals surface area contributed by atoms with Crippen LogP contribution in [0.5, 0.6) is 11.5 Å². The zero-order chi connectivity index (χ0) is 36.7. The van der Waals surface area contributed by atoms with Crippen LogP contribution in [-0.4, -0.2) is 99.1 Å². The van der Waals surface area contributed by atoms with Gasteiger partial charge in [-0.2, -0.15) is 5.10 Å². The fraction of sp³-hybridized carbons (Fsp3) is 0.447. The molecular weight excluding hydrogens is 684 g/mol. The van der Waals surface area contributed by atoms with Crippen LogP contribution >= 0.6 is 0 Å². The molecule has 3 fully saturated rings. The summed E-state index contributed by atoms with van der Waals surface area (Å²) in [5, 5.41) is 25.5. The maximum Gasteiger partial charge on any atom is 0.256 e. The summed E-state index contributed by atoms with van der Waals surface area (Å²) in [6.45, 7) is 3.45. The van der Waals surface area contributed by atoms with Crippen molar-refractivity contribution in [3.05, 3.63) is 66.5 Å². The summed E-state index contributed by atoms with van der Waals surface area (Å²) in [5.74, 6) is -3.78. The average molecular weight is 728 g/mol. The van der Waals surface area contributed by atoms with Crippen molar-refractivity contribution in [2.75, 3.05) is 54.9 Å². The van der Waals surface area contributed by atoms with Gasteiger partial charge in [-0.15, -0.1) is 10.2 Å². The Kier molecular flexibility index (Phi) is 9.35. The molecule has 1 aliphatic carbocycles. The Bertz CT molecular complexity index is 2000. The van der Waals surface area contributed by atoms with E-state index in [1.54, 1.807) is 47.3 Å². The zero-order valence-corrected chi connectivity index (χ0v) is 29.3. The quantitative estimate of drug-likeness (QED) is 0.190. The fourth-order valence-corrected chi connectivity index (χ4v) is 8.47. The number of rotatable bonds is 6. The lowest BCUT2D eigenvalue weighted by Crippen LogP contribution is -2.51. The van der Waals surface area contributed by atoms with Crippen LogP contribution < -0.4 is 25.6 Å². The number of nitrogens with zero attached hydrogens (tertiary/aromatic N) is 7. The number of hydrogen-bond acceptors (Lipinski definition) is 11. The molecule has 3 aliphatic heterocycles. The van der Waals surface area contributed by atoms with Crippen LogP contribution in [0.4, 0.5) is 26.0 Å². The summed E-state index contributed by atoms with van der Waals surface area (Å²) in [7, 11) is 0. The molecule has 0 spiro atoms. The number of aromatic hydroxyl groups is 1. The van der Waals surface area contributed by atoms with Crippen molar-refractivity contribution in [1.82, 2.24) is 30.2 Å². The summed E-state index contributed by atoms with van der Waals surface area (Å²) in [6, 6.07) is 13.6. The molecular formula is C38H43F2N9O4. The number of anilines is 3. The molecule has 2 saturated heterocycles. The fourth-order valence-electron chi connectivity index (χ4n) is 8.47. The predicted molar refractivity (Wildman–Crippen MR) is 194 cm³/mol. The SMILES string of the molecule is Nc1nnc(-c2ccccc2O)cc1-n1cc(N2CCN(C3CCC[C@@H](c4cccc5c4OCCN5[C@@H]4CCC(=O)NC(=O)C4)C(F)(F)C3)CC2)cn1. The molecule has 13 nitrogen and oxygen atoms in total. The van der Waals surface area contributed by atoms with Crippen molar-refractivity contribution >= 4 is 29.0 Å². The van der Waals surface area contributed by atoms with Crippen LogP contribution in [0.25, 0.3) is 16.9 Å². The molecule has 53 heavy (non-hydrogen) atoms. The molecule has 1 unspecified atom stereocenters. The minimum absolute atomic E-state index is 0.0845. The maximum atomic E-state index is 16.4. The Hall–Kier alpha value is -5.31. The number of phenolic OH excluding ortho intramolecular Hbond substituents is 1. The van der Waals surface area contributed by atoms with E-state index in [9.17, 15) is 14.7 Å². The standard InChI is InChI=1S/C38H43F2N9O4/c39-38(40)21-25(5-3-8-29(38)27-7-4-9-31-36(27)53-18-17-48(31)24-11-12-34(51)43-35(52)19-24)46-13-15-47(16-14-46)26-22-42-49(23-26)32-20-30(44-45-37(32)41)28-6-1-2-10-33(28)50/h1-2,4,6-7,9-10,20,22-25,29,50H,3,5,8,11-19,21H2,(H2,41,45)(H,43,51,52)/t24-,25?,29+/m1/s1. The minimum Gasteiger partial charge on any atom is -0.507 e. The number of nitrogens with two attached hydrogens (primary N) is 1. The molecule has 4 aromatic rings. The number of amides is 2. The molecule has 15 heteroatoms. The molecule has 8 rings (SSSR count). The van der Waals surface area contributed by atoms with Gasteiger partial charge in [0.25, 0.3) is 5.92 Å². The van der Waals surface area contributed by atoms with Gasteiger partial charge < -0.3 is 25.4 Å². The summed E-state index contributed by atoms with van der Waals surface area (Å²) < 4.78 is 40.6. The molecule has 2 aromatic heterocycles. The molecule has 2 amide bonds. The molecule has 4 aliphatic rings. The number of para-hydroxylation sites is 2. The Labute approximate surface area is 305 Å². The normalized spacial score (nSPS) is 23.8. The van der Waals surface area contributed by atoms with Gasteiger partial charge in [-0.05, 0) is 43.5 Å². The Morgan fingerprint density at radius 1 is 0.925 bits per heavy atom. The molecule has 4 N–H and O–H groups in total. The van der Waals surface area contributed by atoms with Gasteiger partial charge in [0.2, 0.25) is 11.8 Å². The lowest BCUT2D eigenvalue weighted by Gasteiger charge is -2.41. The molecule has 3 atom stereocenters. The number of benzene rings is 2. The predicted octanol–water partition coefficient (Wildman–Crippen LogP) is 4.49. The summed E-state index contributed by atoms with van der Waals surface area (Å²) in [6.07, 6.45) is 6.02. The van der Waals surface area contributed by atoms with E-state index in [1.807, 2.05) is 18.3 Å². The third kappa shape index (κ3) is 6.97. The number of halogens is 2. The van der Waals surface area contributed by atoms with Gasteiger partial charge in [-0.3, -0.25) is 19.8 Å². The van der Waals surface area contributed by atoms with E-state index < -0.39 is 11.8 Å². The number of fused-ring (bicyclic) bond motifs is 1. The van der Waals surface area contributed by atoms with Gasteiger partial charge in [0.1, 0.15) is 23.8 Å². The first kappa shape index (κ1) is 34.8. The molecule has 278 valence electrons. The third-order valence-corrected chi connectivity index (χ3v) is 11.2. The van der Waals surface area contributed by atoms with Gasteiger partial charge in [0, 0.05) is 68.7 Å². The minimum atomic E-state index is -2.96. The van der Waals surface area contributed by atoms with E-state index in [-0.39, 0.29) is 54.7 Å². The number of imide groups is 1. The molecule has 0 radical (unpaired) electrons. The number of alkyl halides is 2. The highest BCUT2D eigenvalue weighted by molar-refractivity contribution is 5.96. The Morgan fingerprint density at radius 3 is 2.58 bits per heavy atom. The number of carbonyl (C=O) groups is 2. The lowest BCUT2D eigenvalue weighted by atomic mass is 9.86. The molecule has 1 saturated carbocycles. The number of piperazine rings is 1. The van der Waals surface area contributed by atoms with Crippen molar-refractivity contribution in [2.45, 2.75) is 68.9 Å².